The summed E-state index contributed by atoms with van der Waals surface area (Å²) in [6, 6.07) is 15.8. The summed E-state index contributed by atoms with van der Waals surface area (Å²) in [5.74, 6) is 0.0477. The van der Waals surface area contributed by atoms with Crippen LogP contribution < -0.4 is 10.2 Å². The first kappa shape index (κ1) is 18.9. The van der Waals surface area contributed by atoms with Gasteiger partial charge >= 0.3 is 6.03 Å². The zero-order chi connectivity index (χ0) is 20.7. The van der Waals surface area contributed by atoms with Crippen LogP contribution >= 0.6 is 11.3 Å². The molecule has 0 aliphatic carbocycles. The van der Waals surface area contributed by atoms with E-state index in [-0.39, 0.29) is 24.0 Å². The number of aryl methyl sites for hydroxylation is 1. The van der Waals surface area contributed by atoms with Gasteiger partial charge in [0.25, 0.3) is 0 Å². The van der Waals surface area contributed by atoms with Gasteiger partial charge in [-0.25, -0.2) is 4.79 Å². The number of hydrogen-bond acceptors (Lipinski definition) is 3. The molecule has 0 bridgehead atoms. The number of thiophene rings is 1. The van der Waals surface area contributed by atoms with Crippen LogP contribution in [0.2, 0.25) is 0 Å². The van der Waals surface area contributed by atoms with Gasteiger partial charge in [0.05, 0.1) is 6.04 Å². The summed E-state index contributed by atoms with van der Waals surface area (Å²) in [4.78, 5) is 30.6. The maximum Gasteiger partial charge on any atom is 0.318 e. The molecule has 2 atom stereocenters. The monoisotopic (exact) mass is 420 g/mol. The summed E-state index contributed by atoms with van der Waals surface area (Å²) in [5.41, 5.74) is 3.17. The van der Waals surface area contributed by atoms with Gasteiger partial charge in [0.2, 0.25) is 5.91 Å². The fraction of sp³-hybridized carbons (Fsp3) is 0.304. The Morgan fingerprint density at radius 2 is 1.93 bits per heavy atom. The van der Waals surface area contributed by atoms with E-state index in [1.165, 1.54) is 0 Å². The van der Waals surface area contributed by atoms with Crippen molar-refractivity contribution < 1.29 is 9.59 Å². The van der Waals surface area contributed by atoms with Crippen molar-refractivity contribution in [1.29, 1.82) is 0 Å². The van der Waals surface area contributed by atoms with Crippen LogP contribution in [0.3, 0.4) is 0 Å². The van der Waals surface area contributed by atoms with Crippen LogP contribution in [0.4, 0.5) is 10.5 Å². The number of nitrogens with one attached hydrogen (secondary N) is 1. The molecule has 5 rings (SSSR count). The van der Waals surface area contributed by atoms with Crippen LogP contribution in [-0.2, 0) is 11.3 Å². The summed E-state index contributed by atoms with van der Waals surface area (Å²) < 4.78 is 2.21. The average Bonchev–Trinajstić information content (AvgIpc) is 3.49. The van der Waals surface area contributed by atoms with Gasteiger partial charge in [-0.1, -0.05) is 23.8 Å². The van der Waals surface area contributed by atoms with Crippen LogP contribution in [0.5, 0.6) is 0 Å². The van der Waals surface area contributed by atoms with Crippen molar-refractivity contribution in [3.05, 3.63) is 76.2 Å². The summed E-state index contributed by atoms with van der Waals surface area (Å²) in [6.07, 6.45) is 2.40. The van der Waals surface area contributed by atoms with E-state index in [9.17, 15) is 9.59 Å². The minimum Gasteiger partial charge on any atom is -0.347 e. The Hall–Kier alpha value is -3.06. The summed E-state index contributed by atoms with van der Waals surface area (Å²) in [6.45, 7) is 3.94. The quantitative estimate of drug-likeness (QED) is 0.701. The van der Waals surface area contributed by atoms with E-state index < -0.39 is 0 Å². The van der Waals surface area contributed by atoms with E-state index in [1.54, 1.807) is 16.2 Å². The molecule has 0 saturated carbocycles. The third-order valence-corrected chi connectivity index (χ3v) is 6.83. The van der Waals surface area contributed by atoms with Gasteiger partial charge in [-0.2, -0.15) is 0 Å². The van der Waals surface area contributed by atoms with Crippen LogP contribution in [-0.4, -0.2) is 40.5 Å². The molecule has 2 unspecified atom stereocenters. The third-order valence-electron chi connectivity index (χ3n) is 5.91. The highest BCUT2D eigenvalue weighted by atomic mass is 32.1. The van der Waals surface area contributed by atoms with Crippen molar-refractivity contribution in [2.45, 2.75) is 32.0 Å². The molecular formula is C23H24N4O2S. The van der Waals surface area contributed by atoms with Crippen LogP contribution in [0.15, 0.2) is 60.1 Å². The molecule has 0 radical (unpaired) electrons. The van der Waals surface area contributed by atoms with E-state index in [4.69, 9.17) is 0 Å². The number of carbonyl (C=O) groups excluding carboxylic acids is 2. The number of amides is 3. The molecule has 0 spiro atoms. The molecule has 7 heteroatoms. The zero-order valence-electron chi connectivity index (χ0n) is 16.8. The van der Waals surface area contributed by atoms with E-state index in [0.29, 0.717) is 19.5 Å². The average molecular weight is 421 g/mol. The molecule has 3 aromatic rings. The van der Waals surface area contributed by atoms with E-state index in [2.05, 4.69) is 28.2 Å². The Morgan fingerprint density at radius 1 is 1.10 bits per heavy atom. The second-order valence-corrected chi connectivity index (χ2v) is 8.91. The highest BCUT2D eigenvalue weighted by molar-refractivity contribution is 7.10. The SMILES string of the molecule is Cc1ccc(N2CC(NC(=O)N3CCn4cccc4C3c3cccs3)CC2=O)cc1. The number of fused-ring (bicyclic) bond motifs is 1. The Bertz CT molecular complexity index is 1060. The molecule has 2 aliphatic rings. The molecule has 1 saturated heterocycles. The third kappa shape index (κ3) is 3.39. The lowest BCUT2D eigenvalue weighted by molar-refractivity contribution is -0.117. The predicted octanol–water partition coefficient (Wildman–Crippen LogP) is 3.78. The normalized spacial score (nSPS) is 21.0. The van der Waals surface area contributed by atoms with Crippen molar-refractivity contribution in [1.82, 2.24) is 14.8 Å². The van der Waals surface area contributed by atoms with Crippen molar-refractivity contribution in [2.75, 3.05) is 18.0 Å². The maximum atomic E-state index is 13.3. The fourth-order valence-electron chi connectivity index (χ4n) is 4.38. The van der Waals surface area contributed by atoms with Crippen molar-refractivity contribution in [3.63, 3.8) is 0 Å². The first-order chi connectivity index (χ1) is 14.6. The Kier molecular flexibility index (Phi) is 4.83. The molecular weight excluding hydrogens is 396 g/mol. The second-order valence-electron chi connectivity index (χ2n) is 7.93. The molecule has 30 heavy (non-hydrogen) atoms. The number of anilines is 1. The minimum absolute atomic E-state index is 0.0477. The van der Waals surface area contributed by atoms with Crippen LogP contribution in [0, 0.1) is 6.92 Å². The van der Waals surface area contributed by atoms with Gasteiger partial charge < -0.3 is 19.7 Å². The number of urea groups is 1. The highest BCUT2D eigenvalue weighted by Gasteiger charge is 2.36. The molecule has 1 fully saturated rings. The molecule has 154 valence electrons. The lowest BCUT2D eigenvalue weighted by atomic mass is 10.1. The van der Waals surface area contributed by atoms with Crippen molar-refractivity contribution in [2.24, 2.45) is 0 Å². The lowest BCUT2D eigenvalue weighted by Gasteiger charge is -2.37. The molecule has 1 aromatic carbocycles. The molecule has 6 nitrogen and oxygen atoms in total. The predicted molar refractivity (Wildman–Crippen MR) is 118 cm³/mol. The van der Waals surface area contributed by atoms with Gasteiger partial charge in [0.1, 0.15) is 6.04 Å². The summed E-state index contributed by atoms with van der Waals surface area (Å²) in [5, 5.41) is 5.17. The Morgan fingerprint density at radius 3 is 2.70 bits per heavy atom. The lowest BCUT2D eigenvalue weighted by Crippen LogP contribution is -2.50. The molecule has 4 heterocycles. The van der Waals surface area contributed by atoms with E-state index in [1.807, 2.05) is 53.6 Å². The first-order valence-electron chi connectivity index (χ1n) is 10.2. The number of benzene rings is 1. The summed E-state index contributed by atoms with van der Waals surface area (Å²) >= 11 is 1.66. The van der Waals surface area contributed by atoms with Gasteiger partial charge in [0, 0.05) is 48.5 Å². The Balaban J connectivity index is 1.33. The number of hydrogen-bond donors (Lipinski definition) is 1. The van der Waals surface area contributed by atoms with Crippen molar-refractivity contribution in [3.8, 4) is 0 Å². The topological polar surface area (TPSA) is 57.6 Å². The standard InChI is InChI=1S/C23H24N4O2S/c1-16-6-8-18(9-7-16)27-15-17(14-21(27)28)24-23(29)26-12-11-25-10-2-4-19(25)22(26)20-5-3-13-30-20/h2-10,13,17,22H,11-12,14-15H2,1H3,(H,24,29). The van der Waals surface area contributed by atoms with Gasteiger partial charge in [-0.05, 0) is 42.6 Å². The minimum atomic E-state index is -0.191. The van der Waals surface area contributed by atoms with Crippen LogP contribution in [0.25, 0.3) is 0 Å². The smallest absolute Gasteiger partial charge is 0.318 e. The van der Waals surface area contributed by atoms with Crippen LogP contribution in [0.1, 0.15) is 28.6 Å². The van der Waals surface area contributed by atoms with E-state index in [0.717, 1.165) is 28.4 Å². The zero-order valence-corrected chi connectivity index (χ0v) is 17.6. The van der Waals surface area contributed by atoms with Gasteiger partial charge in [-0.3, -0.25) is 4.79 Å². The number of nitrogens with zero attached hydrogens (tertiary/aromatic N) is 3. The largest absolute Gasteiger partial charge is 0.347 e. The van der Waals surface area contributed by atoms with Gasteiger partial charge in [0.15, 0.2) is 0 Å². The van der Waals surface area contributed by atoms with Gasteiger partial charge in [-0.15, -0.1) is 11.3 Å². The van der Waals surface area contributed by atoms with E-state index >= 15 is 0 Å². The molecule has 1 N–H and O–H groups in total. The highest BCUT2D eigenvalue weighted by Crippen LogP contribution is 2.35. The Labute approximate surface area is 179 Å². The number of rotatable bonds is 3. The molecule has 3 amide bonds. The first-order valence-corrected chi connectivity index (χ1v) is 11.1. The maximum absolute atomic E-state index is 13.3. The molecule has 2 aliphatic heterocycles. The number of aromatic nitrogens is 1. The summed E-state index contributed by atoms with van der Waals surface area (Å²) in [7, 11) is 0. The molecule has 2 aromatic heterocycles. The number of carbonyl (C=O) groups is 2. The fourth-order valence-corrected chi connectivity index (χ4v) is 5.23. The second kappa shape index (κ2) is 7.65. The van der Waals surface area contributed by atoms with Crippen molar-refractivity contribution >= 4 is 29.0 Å².